The molecule has 0 aliphatic heterocycles. The first-order valence-electron chi connectivity index (χ1n) is 4.95. The maximum atomic E-state index is 9.00. The van der Waals surface area contributed by atoms with E-state index in [1.807, 2.05) is 0 Å². The highest BCUT2D eigenvalue weighted by atomic mass is 16.4. The molecule has 0 spiro atoms. The largest absolute Gasteiger partial charge is 0.481 e. The van der Waals surface area contributed by atoms with E-state index in [0.717, 1.165) is 19.9 Å². The first kappa shape index (κ1) is 12.8. The fourth-order valence-electron chi connectivity index (χ4n) is 1.23. The molecule has 1 heterocycles. The number of rotatable bonds is 3. The van der Waals surface area contributed by atoms with E-state index in [4.69, 9.17) is 9.90 Å². The Morgan fingerprint density at radius 1 is 1.50 bits per heavy atom. The predicted octanol–water partition coefficient (Wildman–Crippen LogP) is 2.55. The van der Waals surface area contributed by atoms with Crippen LogP contribution in [0.3, 0.4) is 0 Å². The van der Waals surface area contributed by atoms with Crippen LogP contribution in [0.2, 0.25) is 0 Å². The highest BCUT2D eigenvalue weighted by Crippen LogP contribution is 2.03. The van der Waals surface area contributed by atoms with Gasteiger partial charge in [-0.3, -0.25) is 4.79 Å². The third-order valence-corrected chi connectivity index (χ3v) is 1.75. The molecule has 0 saturated heterocycles. The normalized spacial score (nSPS) is 9.07. The molecule has 14 heavy (non-hydrogen) atoms. The van der Waals surface area contributed by atoms with E-state index in [1.54, 1.807) is 0 Å². The molecule has 80 valence electrons. The summed E-state index contributed by atoms with van der Waals surface area (Å²) in [6.45, 7) is 6.65. The fourth-order valence-corrected chi connectivity index (χ4v) is 1.23. The van der Waals surface area contributed by atoms with Crippen molar-refractivity contribution >= 4 is 5.97 Å². The highest BCUT2D eigenvalue weighted by molar-refractivity contribution is 5.62. The molecule has 1 N–H and O–H groups in total. The van der Waals surface area contributed by atoms with Gasteiger partial charge in [0.2, 0.25) is 0 Å². The van der Waals surface area contributed by atoms with E-state index in [-0.39, 0.29) is 0 Å². The molecule has 1 rings (SSSR count). The summed E-state index contributed by atoms with van der Waals surface area (Å²) in [6.07, 6.45) is 4.52. The van der Waals surface area contributed by atoms with Crippen LogP contribution in [-0.4, -0.2) is 15.6 Å². The lowest BCUT2D eigenvalue weighted by Crippen LogP contribution is -1.98. The molecule has 1 aromatic rings. The number of nitrogens with zero attached hydrogens (tertiary/aromatic N) is 1. The summed E-state index contributed by atoms with van der Waals surface area (Å²) in [5.74, 6) is -0.833. The number of hydrogen-bond donors (Lipinski definition) is 1. The van der Waals surface area contributed by atoms with E-state index >= 15 is 0 Å². The van der Waals surface area contributed by atoms with Gasteiger partial charge < -0.3 is 9.67 Å². The van der Waals surface area contributed by atoms with Crippen LogP contribution in [0.25, 0.3) is 0 Å². The zero-order chi connectivity index (χ0) is 11.0. The number of aliphatic carboxylic acids is 1. The molecule has 0 aromatic carbocycles. The summed E-state index contributed by atoms with van der Waals surface area (Å²) < 4.78 is 2.32. The Balaban J connectivity index is 0.000000364. The van der Waals surface area contributed by atoms with Gasteiger partial charge in [-0.1, -0.05) is 13.8 Å². The Morgan fingerprint density at radius 3 is 2.50 bits per heavy atom. The molecule has 0 bridgehead atoms. The average molecular weight is 197 g/mol. The fraction of sp³-hybridized carbons (Fsp3) is 0.545. The predicted molar refractivity (Wildman–Crippen MR) is 57.4 cm³/mol. The molecule has 0 unspecified atom stereocenters. The van der Waals surface area contributed by atoms with Crippen molar-refractivity contribution in [2.75, 3.05) is 0 Å². The third kappa shape index (κ3) is 5.41. The molecular formula is C11H19NO2. The van der Waals surface area contributed by atoms with Gasteiger partial charge in [0.05, 0.1) is 0 Å². The molecule has 0 radical (unpaired) electrons. The maximum absolute atomic E-state index is 9.00. The van der Waals surface area contributed by atoms with Gasteiger partial charge in [0, 0.05) is 25.4 Å². The van der Waals surface area contributed by atoms with Gasteiger partial charge in [-0.2, -0.15) is 0 Å². The van der Waals surface area contributed by atoms with Gasteiger partial charge in [-0.25, -0.2) is 0 Å². The molecule has 3 heteroatoms. The van der Waals surface area contributed by atoms with Gasteiger partial charge in [0.1, 0.15) is 0 Å². The number of carboxylic acids is 1. The van der Waals surface area contributed by atoms with Crippen molar-refractivity contribution in [3.05, 3.63) is 24.0 Å². The zero-order valence-electron chi connectivity index (χ0n) is 9.16. The van der Waals surface area contributed by atoms with Crippen LogP contribution in [0.1, 0.15) is 32.9 Å². The Labute approximate surface area is 85.4 Å². The van der Waals surface area contributed by atoms with Crippen molar-refractivity contribution in [3.8, 4) is 0 Å². The van der Waals surface area contributed by atoms with E-state index in [9.17, 15) is 0 Å². The first-order valence-corrected chi connectivity index (χ1v) is 4.95. The first-order chi connectivity index (χ1) is 6.61. The minimum Gasteiger partial charge on any atom is -0.481 e. The van der Waals surface area contributed by atoms with Gasteiger partial charge in [0.25, 0.3) is 5.97 Å². The number of hydrogen-bond acceptors (Lipinski definition) is 1. The smallest absolute Gasteiger partial charge is 0.300 e. The summed E-state index contributed by atoms with van der Waals surface area (Å²) >= 11 is 0. The van der Waals surface area contributed by atoms with Crippen LogP contribution in [-0.2, 0) is 17.8 Å². The molecule has 3 nitrogen and oxygen atoms in total. The SMILES string of the molecule is CC(=O)O.CCCn1cccc1CC. The summed E-state index contributed by atoms with van der Waals surface area (Å²) in [5, 5.41) is 7.42. The minimum atomic E-state index is -0.833. The molecule has 0 fully saturated rings. The molecule has 0 atom stereocenters. The Hall–Kier alpha value is -1.25. The van der Waals surface area contributed by atoms with Crippen LogP contribution in [0.15, 0.2) is 18.3 Å². The van der Waals surface area contributed by atoms with Crippen molar-refractivity contribution in [2.24, 2.45) is 0 Å². The quantitative estimate of drug-likeness (QED) is 0.809. The van der Waals surface area contributed by atoms with Crippen LogP contribution in [0, 0.1) is 0 Å². The minimum absolute atomic E-state index is 0.833. The Bertz CT molecular complexity index is 262. The lowest BCUT2D eigenvalue weighted by atomic mass is 10.3. The van der Waals surface area contributed by atoms with Crippen molar-refractivity contribution in [3.63, 3.8) is 0 Å². The van der Waals surface area contributed by atoms with Crippen LogP contribution < -0.4 is 0 Å². The molecule has 0 aliphatic carbocycles. The highest BCUT2D eigenvalue weighted by Gasteiger charge is 1.94. The summed E-state index contributed by atoms with van der Waals surface area (Å²) in [6, 6.07) is 4.31. The van der Waals surface area contributed by atoms with Gasteiger partial charge in [0.15, 0.2) is 0 Å². The van der Waals surface area contributed by atoms with Crippen LogP contribution in [0.4, 0.5) is 0 Å². The second kappa shape index (κ2) is 7.18. The number of aryl methyl sites for hydroxylation is 2. The van der Waals surface area contributed by atoms with E-state index in [1.165, 1.54) is 12.1 Å². The van der Waals surface area contributed by atoms with Crippen LogP contribution in [0.5, 0.6) is 0 Å². The summed E-state index contributed by atoms with van der Waals surface area (Å²) in [5.41, 5.74) is 1.45. The lowest BCUT2D eigenvalue weighted by Gasteiger charge is -2.03. The molecule has 0 saturated carbocycles. The lowest BCUT2D eigenvalue weighted by molar-refractivity contribution is -0.134. The topological polar surface area (TPSA) is 42.2 Å². The van der Waals surface area contributed by atoms with Gasteiger partial charge in [-0.15, -0.1) is 0 Å². The molecule has 0 aliphatic rings. The van der Waals surface area contributed by atoms with E-state index in [2.05, 4.69) is 36.7 Å². The van der Waals surface area contributed by atoms with Gasteiger partial charge in [-0.05, 0) is 25.0 Å². The molecule has 0 amide bonds. The number of carbonyl (C=O) groups is 1. The number of aromatic nitrogens is 1. The van der Waals surface area contributed by atoms with E-state index < -0.39 is 5.97 Å². The zero-order valence-corrected chi connectivity index (χ0v) is 9.16. The van der Waals surface area contributed by atoms with E-state index in [0.29, 0.717) is 0 Å². The van der Waals surface area contributed by atoms with Crippen molar-refractivity contribution in [1.82, 2.24) is 4.57 Å². The molecular weight excluding hydrogens is 178 g/mol. The molecule has 1 aromatic heterocycles. The van der Waals surface area contributed by atoms with Gasteiger partial charge >= 0.3 is 0 Å². The second-order valence-electron chi connectivity index (χ2n) is 3.07. The summed E-state index contributed by atoms with van der Waals surface area (Å²) in [4.78, 5) is 9.00. The van der Waals surface area contributed by atoms with Crippen molar-refractivity contribution in [1.29, 1.82) is 0 Å². The Morgan fingerprint density at radius 2 is 2.07 bits per heavy atom. The maximum Gasteiger partial charge on any atom is 0.300 e. The van der Waals surface area contributed by atoms with Crippen molar-refractivity contribution in [2.45, 2.75) is 40.2 Å². The Kier molecular flexibility index (Phi) is 6.54. The number of carboxylic acid groups (broad SMARTS) is 1. The second-order valence-corrected chi connectivity index (χ2v) is 3.07. The summed E-state index contributed by atoms with van der Waals surface area (Å²) in [7, 11) is 0. The standard InChI is InChI=1S/C9H15N.C2H4O2/c1-3-7-10-8-5-6-9(10)4-2;1-2(3)4/h5-6,8H,3-4,7H2,1-2H3;1H3,(H,3,4). The third-order valence-electron chi connectivity index (χ3n) is 1.75. The monoisotopic (exact) mass is 197 g/mol. The average Bonchev–Trinajstić information content (AvgIpc) is 2.51. The van der Waals surface area contributed by atoms with Crippen molar-refractivity contribution < 1.29 is 9.90 Å². The van der Waals surface area contributed by atoms with Crippen LogP contribution >= 0.6 is 0 Å².